The van der Waals surface area contributed by atoms with E-state index in [2.05, 4.69) is 11.9 Å². The Hall–Kier alpha value is -1.75. The molecule has 8 nitrogen and oxygen atoms in total. The third-order valence-electron chi connectivity index (χ3n) is 5.35. The Bertz CT molecular complexity index is 1150. The highest BCUT2D eigenvalue weighted by Crippen LogP contribution is 2.22. The van der Waals surface area contributed by atoms with Crippen molar-refractivity contribution in [3.63, 3.8) is 0 Å². The molecule has 1 aromatic heterocycles. The highest BCUT2D eigenvalue weighted by Gasteiger charge is 2.26. The third-order valence-corrected chi connectivity index (χ3v) is 8.00. The molecule has 2 aromatic rings. The molecule has 0 spiro atoms. The van der Waals surface area contributed by atoms with Crippen molar-refractivity contribution in [3.05, 3.63) is 28.0 Å². The molecule has 1 aliphatic heterocycles. The molecule has 3 rings (SSSR count). The van der Waals surface area contributed by atoms with Crippen LogP contribution in [0.4, 0.5) is 0 Å². The van der Waals surface area contributed by atoms with Crippen LogP contribution in [0.5, 0.6) is 0 Å². The topological polar surface area (TPSA) is 98.0 Å². The van der Waals surface area contributed by atoms with Crippen LogP contribution >= 0.6 is 22.9 Å². The molecule has 0 unspecified atom stereocenters. The summed E-state index contributed by atoms with van der Waals surface area (Å²) in [4.78, 5) is 30.9. The van der Waals surface area contributed by atoms with E-state index in [0.717, 1.165) is 23.1 Å². The van der Waals surface area contributed by atoms with E-state index in [4.69, 9.17) is 16.3 Å². The molecule has 2 heterocycles. The molecule has 0 radical (unpaired) electrons. The van der Waals surface area contributed by atoms with Crippen molar-refractivity contribution < 1.29 is 22.7 Å². The summed E-state index contributed by atoms with van der Waals surface area (Å²) in [6, 6.07) is 5.35. The first kappa shape index (κ1) is 24.9. The number of benzene rings is 1. The third kappa shape index (κ3) is 6.63. The molecule has 32 heavy (non-hydrogen) atoms. The normalized spacial score (nSPS) is 16.1. The van der Waals surface area contributed by atoms with Gasteiger partial charge in [0.1, 0.15) is 11.5 Å². The Balaban J connectivity index is 1.76. The predicted molar refractivity (Wildman–Crippen MR) is 126 cm³/mol. The number of hydrogen-bond donors (Lipinski definition) is 0. The highest BCUT2D eigenvalue weighted by molar-refractivity contribution is 7.92. The van der Waals surface area contributed by atoms with E-state index in [0.29, 0.717) is 48.6 Å². The SMILES string of the molecule is CCOCCn1c(=NC(=O)CS(=O)(=O)CC(=O)N2CCC(C)CC2)sc2cc(Cl)ccc21. The number of aromatic nitrogens is 1. The molecule has 1 fully saturated rings. The fraction of sp³-hybridized carbons (Fsp3) is 0.571. The number of carbonyl (C=O) groups is 2. The summed E-state index contributed by atoms with van der Waals surface area (Å²) in [6.07, 6.45) is 1.72. The lowest BCUT2D eigenvalue weighted by molar-refractivity contribution is -0.129. The van der Waals surface area contributed by atoms with Gasteiger partial charge in [0, 0.05) is 31.3 Å². The molecule has 0 bridgehead atoms. The fourth-order valence-corrected chi connectivity index (χ4v) is 6.02. The first-order valence-corrected chi connectivity index (χ1v) is 13.6. The van der Waals surface area contributed by atoms with Gasteiger partial charge in [-0.25, -0.2) is 8.42 Å². The Labute approximate surface area is 196 Å². The second-order valence-corrected chi connectivity index (χ2v) is 11.5. The summed E-state index contributed by atoms with van der Waals surface area (Å²) in [5.74, 6) is -2.19. The largest absolute Gasteiger partial charge is 0.380 e. The van der Waals surface area contributed by atoms with Crippen LogP contribution < -0.4 is 4.80 Å². The molecule has 11 heteroatoms. The molecular weight excluding hydrogens is 474 g/mol. The predicted octanol–water partition coefficient (Wildman–Crippen LogP) is 2.49. The molecule has 2 amide bonds. The number of piperidine rings is 1. The number of fused-ring (bicyclic) bond motifs is 1. The molecule has 1 aliphatic rings. The molecule has 1 saturated heterocycles. The zero-order chi connectivity index (χ0) is 23.3. The van der Waals surface area contributed by atoms with E-state index >= 15 is 0 Å². The zero-order valence-corrected chi connectivity index (χ0v) is 20.6. The Morgan fingerprint density at radius 2 is 1.97 bits per heavy atom. The van der Waals surface area contributed by atoms with Crippen LogP contribution in [-0.2, 0) is 30.7 Å². The van der Waals surface area contributed by atoms with Crippen molar-refractivity contribution in [1.82, 2.24) is 9.47 Å². The number of carbonyl (C=O) groups excluding carboxylic acids is 2. The van der Waals surface area contributed by atoms with Gasteiger partial charge in [-0.2, -0.15) is 4.99 Å². The molecule has 176 valence electrons. The average Bonchev–Trinajstić information content (AvgIpc) is 3.03. The van der Waals surface area contributed by atoms with Gasteiger partial charge in [-0.1, -0.05) is 29.9 Å². The van der Waals surface area contributed by atoms with Gasteiger partial charge in [0.15, 0.2) is 14.6 Å². The minimum absolute atomic E-state index is 0.374. The van der Waals surface area contributed by atoms with Crippen LogP contribution in [0.2, 0.25) is 5.02 Å². The smallest absolute Gasteiger partial charge is 0.263 e. The molecular formula is C21H28ClN3O5S2. The Kier molecular flexibility index (Phi) is 8.49. The number of halogens is 1. The number of ether oxygens (including phenoxy) is 1. The summed E-state index contributed by atoms with van der Waals surface area (Å²) in [7, 11) is -3.92. The van der Waals surface area contributed by atoms with Gasteiger partial charge >= 0.3 is 0 Å². The number of likely N-dealkylation sites (tertiary alicyclic amines) is 1. The number of rotatable bonds is 8. The lowest BCUT2D eigenvalue weighted by Gasteiger charge is -2.30. The van der Waals surface area contributed by atoms with Crippen LogP contribution in [0, 0.1) is 5.92 Å². The van der Waals surface area contributed by atoms with Gasteiger partial charge in [-0.15, -0.1) is 0 Å². The molecule has 0 saturated carbocycles. The maximum atomic E-state index is 12.5. The first-order chi connectivity index (χ1) is 15.2. The van der Waals surface area contributed by atoms with Crippen LogP contribution in [-0.4, -0.2) is 67.5 Å². The number of hydrogen-bond acceptors (Lipinski definition) is 6. The Morgan fingerprint density at radius 3 is 2.66 bits per heavy atom. The van der Waals surface area contributed by atoms with Gasteiger partial charge in [-0.05, 0) is 43.9 Å². The maximum absolute atomic E-state index is 12.5. The van der Waals surface area contributed by atoms with E-state index in [-0.39, 0.29) is 0 Å². The van der Waals surface area contributed by atoms with Gasteiger partial charge < -0.3 is 14.2 Å². The van der Waals surface area contributed by atoms with Crippen LogP contribution in [0.15, 0.2) is 23.2 Å². The van der Waals surface area contributed by atoms with Crippen molar-refractivity contribution in [2.45, 2.75) is 33.2 Å². The molecule has 0 aliphatic carbocycles. The Morgan fingerprint density at radius 1 is 1.25 bits per heavy atom. The van der Waals surface area contributed by atoms with Crippen molar-refractivity contribution in [3.8, 4) is 0 Å². The lowest BCUT2D eigenvalue weighted by atomic mass is 9.99. The minimum atomic E-state index is -3.92. The zero-order valence-electron chi connectivity index (χ0n) is 18.3. The summed E-state index contributed by atoms with van der Waals surface area (Å²) < 4.78 is 33.1. The summed E-state index contributed by atoms with van der Waals surface area (Å²) in [6.45, 7) is 6.55. The summed E-state index contributed by atoms with van der Waals surface area (Å²) in [5, 5.41) is 0.557. The quantitative estimate of drug-likeness (QED) is 0.517. The van der Waals surface area contributed by atoms with Crippen molar-refractivity contribution in [2.75, 3.05) is 37.8 Å². The van der Waals surface area contributed by atoms with E-state index in [1.165, 1.54) is 11.3 Å². The van der Waals surface area contributed by atoms with Crippen LogP contribution in [0.3, 0.4) is 0 Å². The average molecular weight is 502 g/mol. The van der Waals surface area contributed by atoms with E-state index in [1.54, 1.807) is 17.0 Å². The second-order valence-electron chi connectivity index (χ2n) is 7.95. The second kappa shape index (κ2) is 10.9. The van der Waals surface area contributed by atoms with E-state index in [1.807, 2.05) is 17.6 Å². The minimum Gasteiger partial charge on any atom is -0.380 e. The number of nitrogens with zero attached hydrogens (tertiary/aromatic N) is 3. The number of amides is 2. The molecule has 1 aromatic carbocycles. The van der Waals surface area contributed by atoms with Crippen molar-refractivity contribution >= 4 is 54.8 Å². The fourth-order valence-electron chi connectivity index (χ4n) is 3.56. The van der Waals surface area contributed by atoms with Crippen molar-refractivity contribution in [2.24, 2.45) is 10.9 Å². The van der Waals surface area contributed by atoms with E-state index < -0.39 is 33.2 Å². The first-order valence-electron chi connectivity index (χ1n) is 10.6. The van der Waals surface area contributed by atoms with E-state index in [9.17, 15) is 18.0 Å². The van der Waals surface area contributed by atoms with Crippen LogP contribution in [0.1, 0.15) is 26.7 Å². The van der Waals surface area contributed by atoms with Gasteiger partial charge in [0.25, 0.3) is 5.91 Å². The highest BCUT2D eigenvalue weighted by atomic mass is 35.5. The number of sulfone groups is 1. The molecule has 0 atom stereocenters. The lowest BCUT2D eigenvalue weighted by Crippen LogP contribution is -2.41. The van der Waals surface area contributed by atoms with Gasteiger partial charge in [-0.3, -0.25) is 9.59 Å². The standard InChI is InChI=1S/C21H28ClN3O5S2/c1-3-30-11-10-25-17-5-4-16(22)12-18(17)31-21(25)23-19(26)13-32(28,29)14-20(27)24-8-6-15(2)7-9-24/h4-5,12,15H,3,6-11,13-14H2,1-2H3. The molecule has 0 N–H and O–H groups in total. The summed E-state index contributed by atoms with van der Waals surface area (Å²) in [5.41, 5.74) is 0.836. The van der Waals surface area contributed by atoms with Gasteiger partial charge in [0.2, 0.25) is 5.91 Å². The summed E-state index contributed by atoms with van der Waals surface area (Å²) >= 11 is 7.33. The monoisotopic (exact) mass is 501 g/mol. The number of thiazole rings is 1. The van der Waals surface area contributed by atoms with Gasteiger partial charge in [0.05, 0.1) is 16.8 Å². The maximum Gasteiger partial charge on any atom is 0.263 e. The van der Waals surface area contributed by atoms with Crippen molar-refractivity contribution in [1.29, 1.82) is 0 Å². The van der Waals surface area contributed by atoms with Crippen LogP contribution in [0.25, 0.3) is 10.2 Å².